The minimum atomic E-state index is -0.395. The number of rotatable bonds is 27. The van der Waals surface area contributed by atoms with Crippen molar-refractivity contribution in [2.45, 2.75) is 105 Å². The van der Waals surface area contributed by atoms with Gasteiger partial charge in [0.15, 0.2) is 28.9 Å². The molecule has 3 aliphatic rings. The van der Waals surface area contributed by atoms with Crippen molar-refractivity contribution < 1.29 is 65.0 Å². The first-order chi connectivity index (χ1) is 66.8. The minimum absolute atomic E-state index is 0.0398. The highest BCUT2D eigenvalue weighted by molar-refractivity contribution is 6.06. The Hall–Kier alpha value is -14.3. The Kier molecular flexibility index (Phi) is 33.5. The number of likely N-dealkylation sites (tertiary alicyclic amines) is 2. The summed E-state index contributed by atoms with van der Waals surface area (Å²) in [5, 5.41) is 15.7. The molecule has 0 radical (unpaired) electrons. The van der Waals surface area contributed by atoms with E-state index in [0.717, 1.165) is 181 Å². The maximum Gasteiger partial charge on any atom is 0.231 e. The van der Waals surface area contributed by atoms with Crippen molar-refractivity contribution in [1.29, 1.82) is 5.26 Å². The highest BCUT2D eigenvalue weighted by atomic mass is 19.1. The molecule has 0 spiro atoms. The van der Waals surface area contributed by atoms with Crippen LogP contribution in [0.15, 0.2) is 243 Å². The third-order valence-corrected chi connectivity index (χ3v) is 24.8. The second-order valence-corrected chi connectivity index (χ2v) is 35.6. The highest BCUT2D eigenvalue weighted by Gasteiger charge is 2.29. The lowest BCUT2D eigenvalue weighted by Crippen LogP contribution is -2.31. The SMILES string of the molecule is CC(=O)c1cc(-c2ccc(F)cc2)c2ccc(CN(C)CC(N)=O)cc2n1.CC(=O)c1cc(-c2ccc(F)cc2)c2ccc(CN3CCC(N(C)C)C3)cc2n1.CC(=O)c1cc(-c2ccc(F)cc2)c2ccc(CN3CCC[C@H]3C#N)cc2n1.COCCN(C)Cc1ccc2c(-c3ccc(F)cc3)cc(C(C)=O)nc2c1.CO[C@H]1CCN(Oc2ccc3c(-c4ccc(F)cc4)cc(C(C)=O)nc3c2)C1. The van der Waals surface area contributed by atoms with Gasteiger partial charge in [-0.05, 0) is 266 Å². The number of fused-ring (bicyclic) bond motifs is 5. The molecule has 18 rings (SSSR count). The summed E-state index contributed by atoms with van der Waals surface area (Å²) in [6, 6.07) is 72.9. The largest absolute Gasteiger partial charge is 0.406 e. The molecule has 0 bridgehead atoms. The quantitative estimate of drug-likeness (QED) is 0.0370. The molecule has 0 aliphatic carbocycles. The van der Waals surface area contributed by atoms with Gasteiger partial charge in [0, 0.05) is 140 Å². The smallest absolute Gasteiger partial charge is 0.231 e. The van der Waals surface area contributed by atoms with Crippen molar-refractivity contribution in [1.82, 2.24) is 54.5 Å². The van der Waals surface area contributed by atoms with Crippen molar-refractivity contribution >= 4 is 89.3 Å². The number of carbonyl (C=O) groups excluding carboxylic acids is 6. The number of ether oxygens (including phenoxy) is 2. The first kappa shape index (κ1) is 101. The molecule has 27 heteroatoms. The van der Waals surface area contributed by atoms with Crippen molar-refractivity contribution in [3.05, 3.63) is 322 Å². The van der Waals surface area contributed by atoms with Gasteiger partial charge in [0.25, 0.3) is 0 Å². The molecule has 15 aromatic rings. The van der Waals surface area contributed by atoms with Gasteiger partial charge in [0.1, 0.15) is 63.3 Å². The molecule has 3 fully saturated rings. The second kappa shape index (κ2) is 46.2. The molecule has 8 heterocycles. The summed E-state index contributed by atoms with van der Waals surface area (Å²) < 4.78 is 77.1. The van der Waals surface area contributed by atoms with E-state index in [1.54, 1.807) is 117 Å². The number of carbonyl (C=O) groups is 6. The number of ketones is 5. The summed E-state index contributed by atoms with van der Waals surface area (Å²) >= 11 is 0. The van der Waals surface area contributed by atoms with Gasteiger partial charge in [0.2, 0.25) is 5.91 Å². The number of nitriles is 1. The third-order valence-electron chi connectivity index (χ3n) is 24.8. The third kappa shape index (κ3) is 26.1. The molecule has 1 amide bonds. The lowest BCUT2D eigenvalue weighted by molar-refractivity contribution is -0.119. The normalized spacial score (nSPS) is 14.8. The predicted molar refractivity (Wildman–Crippen MR) is 533 cm³/mol. The summed E-state index contributed by atoms with van der Waals surface area (Å²) in [6.07, 6.45) is 4.22. The van der Waals surface area contributed by atoms with E-state index >= 15 is 0 Å². The Bertz CT molecular complexity index is 7070. The van der Waals surface area contributed by atoms with Crippen LogP contribution in [0.4, 0.5) is 22.0 Å². The Balaban J connectivity index is 0.000000139. The van der Waals surface area contributed by atoms with Crippen LogP contribution in [0.5, 0.6) is 5.75 Å². The number of amides is 1. The Morgan fingerprint density at radius 2 is 0.755 bits per heavy atom. The Morgan fingerprint density at radius 3 is 1.09 bits per heavy atom. The summed E-state index contributed by atoms with van der Waals surface area (Å²) in [4.78, 5) is 111. The molecule has 10 aromatic carbocycles. The molecule has 2 N–H and O–H groups in total. The van der Waals surface area contributed by atoms with Crippen molar-refractivity contribution in [2.75, 3.05) is 94.8 Å². The Morgan fingerprint density at radius 1 is 0.410 bits per heavy atom. The first-order valence-corrected chi connectivity index (χ1v) is 46.0. The summed E-state index contributed by atoms with van der Waals surface area (Å²) in [6.45, 7) is 16.5. The fourth-order valence-electron chi connectivity index (χ4n) is 17.4. The fraction of sp³-hybridized carbons (Fsp3) is 0.268. The topological polar surface area (TPSA) is 264 Å². The molecule has 3 saturated heterocycles. The van der Waals surface area contributed by atoms with E-state index in [1.807, 2.05) is 78.8 Å². The molecule has 22 nitrogen and oxygen atoms in total. The molecule has 712 valence electrons. The number of halogens is 5. The Labute approximate surface area is 804 Å². The zero-order valence-corrected chi connectivity index (χ0v) is 79.6. The van der Waals surface area contributed by atoms with Crippen LogP contribution in [-0.2, 0) is 40.4 Å². The zero-order valence-electron chi connectivity index (χ0n) is 79.6. The lowest BCUT2D eigenvalue weighted by atomic mass is 9.98. The van der Waals surface area contributed by atoms with Crippen LogP contribution in [0.3, 0.4) is 0 Å². The van der Waals surface area contributed by atoms with Crippen molar-refractivity contribution in [2.24, 2.45) is 5.73 Å². The monoisotopic (exact) mass is 1880 g/mol. The summed E-state index contributed by atoms with van der Waals surface area (Å²) in [5.74, 6) is -1.76. The van der Waals surface area contributed by atoms with Gasteiger partial charge in [-0.1, -0.05) is 109 Å². The van der Waals surface area contributed by atoms with Crippen LogP contribution in [0.2, 0.25) is 0 Å². The van der Waals surface area contributed by atoms with Crippen LogP contribution < -0.4 is 10.6 Å². The van der Waals surface area contributed by atoms with Crippen LogP contribution in [0.1, 0.15) is 135 Å². The molecular formula is C112H110F5N13O9. The number of methoxy groups -OCH3 is 2. The molecule has 5 aromatic heterocycles. The van der Waals surface area contributed by atoms with E-state index in [1.165, 1.54) is 107 Å². The fourth-order valence-corrected chi connectivity index (χ4v) is 17.4. The average Bonchev–Trinajstić information content (AvgIpc) is 1.73. The molecule has 139 heavy (non-hydrogen) atoms. The van der Waals surface area contributed by atoms with E-state index in [0.29, 0.717) is 77.5 Å². The first-order valence-electron chi connectivity index (χ1n) is 46.0. The number of Topliss-reactive ketones (excluding diaryl/α,β-unsaturated/α-hetero) is 5. The standard InChI is InChI=1S/C24H26FN3O.C23H20FN3O.C22H21FN2O3.C22H23FN2O2.C21H20FN3O2/c1-16(29)23-13-22(18-5-7-19(25)8-6-18)21-9-4-17(12-24(21)26-23)14-28-11-10-20(15-28)27(2)3;1-15(28)22-12-21(17-5-7-18(24)8-6-17)20-9-4-16(11-23(20)26-22)14-27-10-2-3-19(27)13-25;1-14(26)21-12-20(15-3-5-16(23)6-4-15)19-8-7-17(11-22(19)24-21)28-25-10-9-18(13-25)27-2;1-15(26)21-13-20(17-5-7-18(23)8-6-17)19-9-4-16(12-22(19)24-21)14-25(2)10-11-27-3;1-13(26)19-10-18(15-4-6-16(22)7-5-15)17-8-3-14(9-20(17)24-19)11-25(2)12-21(23)27/h4-9,12-13,20H,10-11,14-15H2,1-3H3;4-9,11-12,19H,2-3,10,14H2,1H3;3-8,11-12,18H,9-10,13H2,1-2H3;4-9,12-13H,10-11,14H2,1-3H3;3-10H,11-12H2,1-2H3,(H2,23,27)/t;19-;18-;;/m.00../s1. The number of nitrogens with zero attached hydrogens (tertiary/aromatic N) is 12. The number of benzene rings is 10. The van der Waals surface area contributed by atoms with Gasteiger partial charge in [-0.25, -0.2) is 46.9 Å². The van der Waals surface area contributed by atoms with E-state index in [4.69, 9.17) is 20.0 Å². The van der Waals surface area contributed by atoms with Gasteiger partial charge >= 0.3 is 0 Å². The molecular weight excluding hydrogens is 1770 g/mol. The van der Waals surface area contributed by atoms with Crippen LogP contribution in [-0.4, -0.2) is 202 Å². The van der Waals surface area contributed by atoms with E-state index in [2.05, 4.69) is 88.9 Å². The molecule has 3 atom stereocenters. The number of primary amides is 1. The highest BCUT2D eigenvalue weighted by Crippen LogP contribution is 2.38. The number of likely N-dealkylation sites (N-methyl/N-ethyl adjacent to an activating group) is 3. The van der Waals surface area contributed by atoms with Crippen molar-refractivity contribution in [3.63, 3.8) is 0 Å². The number of hydroxylamine groups is 2. The minimum Gasteiger partial charge on any atom is -0.406 e. The van der Waals surface area contributed by atoms with Crippen LogP contribution in [0.25, 0.3) is 110 Å². The summed E-state index contributed by atoms with van der Waals surface area (Å²) in [5.41, 5.74) is 23.6. The molecule has 1 unspecified atom stereocenters. The van der Waals surface area contributed by atoms with Crippen LogP contribution >= 0.6 is 0 Å². The molecule has 3 aliphatic heterocycles. The van der Waals surface area contributed by atoms with Gasteiger partial charge < -0.3 is 24.9 Å². The van der Waals surface area contributed by atoms with Gasteiger partial charge in [0.05, 0.1) is 65.5 Å². The summed E-state index contributed by atoms with van der Waals surface area (Å²) in [7, 11) is 11.5. The van der Waals surface area contributed by atoms with E-state index in [-0.39, 0.29) is 76.7 Å². The van der Waals surface area contributed by atoms with Crippen LogP contribution in [0, 0.1) is 40.4 Å². The van der Waals surface area contributed by atoms with Gasteiger partial charge in [-0.15, -0.1) is 5.06 Å². The number of aromatic nitrogens is 5. The number of hydrogen-bond donors (Lipinski definition) is 1. The number of hydrogen-bond acceptors (Lipinski definition) is 21. The zero-order chi connectivity index (χ0) is 98.8. The van der Waals surface area contributed by atoms with E-state index < -0.39 is 5.91 Å². The van der Waals surface area contributed by atoms with Gasteiger partial charge in [-0.2, -0.15) is 5.26 Å². The van der Waals surface area contributed by atoms with Gasteiger partial charge in [-0.3, -0.25) is 48.4 Å². The maximum absolute atomic E-state index is 13.4. The number of pyridine rings is 5. The average molecular weight is 1880 g/mol. The lowest BCUT2D eigenvalue weighted by Gasteiger charge is -2.20. The predicted octanol–water partition coefficient (Wildman–Crippen LogP) is 20.9. The van der Waals surface area contributed by atoms with E-state index in [9.17, 15) is 56.0 Å². The second-order valence-electron chi connectivity index (χ2n) is 35.6. The maximum atomic E-state index is 13.4. The number of nitrogens with two attached hydrogens (primary N) is 1. The molecule has 0 saturated carbocycles. The van der Waals surface area contributed by atoms with Crippen molar-refractivity contribution in [3.8, 4) is 67.5 Å².